The fraction of sp³-hybridized carbons (Fsp3) is 0.706. The molecule has 1 N–H and O–H groups in total. The third kappa shape index (κ3) is 8.79. The molecule has 1 rings (SSSR count). The number of unbranched alkanes of at least 4 members (excludes halogenated alkanes) is 2. The summed E-state index contributed by atoms with van der Waals surface area (Å²) >= 11 is 0. The van der Waals surface area contributed by atoms with Crippen LogP contribution in [-0.2, 0) is 23.9 Å². The molecule has 136 valence electrons. The Morgan fingerprint density at radius 2 is 1.71 bits per heavy atom. The molecule has 24 heavy (non-hydrogen) atoms. The minimum Gasteiger partial charge on any atom is -0.379 e. The zero-order valence-electron chi connectivity index (χ0n) is 14.4. The highest BCUT2D eigenvalue weighted by Gasteiger charge is 2.22. The lowest BCUT2D eigenvalue weighted by Gasteiger charge is -2.13. The molecule has 0 aliphatic carbocycles. The molecule has 0 saturated carbocycles. The smallest absolute Gasteiger partial charge is 0.253 e. The summed E-state index contributed by atoms with van der Waals surface area (Å²) in [7, 11) is 0. The highest BCUT2D eigenvalue weighted by Crippen LogP contribution is 2.07. The summed E-state index contributed by atoms with van der Waals surface area (Å²) in [5, 5.41) is 2.85. The van der Waals surface area contributed by atoms with Crippen LogP contribution in [-0.4, -0.2) is 62.1 Å². The zero-order chi connectivity index (χ0) is 17.6. The van der Waals surface area contributed by atoms with Crippen molar-refractivity contribution in [3.8, 4) is 0 Å². The Morgan fingerprint density at radius 1 is 1.00 bits per heavy atom. The molecule has 3 amide bonds. The molecule has 0 radical (unpaired) electrons. The average molecular weight is 343 g/mol. The van der Waals surface area contributed by atoms with E-state index in [4.69, 9.17) is 9.47 Å². The number of carbonyl (C=O) groups is 3. The first-order valence-corrected chi connectivity index (χ1v) is 8.61. The number of hydrogen-bond acceptors (Lipinski definition) is 5. The molecule has 0 bridgehead atoms. The molecule has 1 aliphatic heterocycles. The van der Waals surface area contributed by atoms with Crippen LogP contribution >= 0.6 is 0 Å². The standard InChI is InChI=1S/C17H28N2O5/c1-2-23-13-14-24-12-6-10-18-15(20)7-4-3-5-11-19-16(21)8-9-17(19)22/h8-9H,2-7,10-14H2,1H3,(H,18,20)/i6+1,10+1,12+1. The van der Waals surface area contributed by atoms with Crippen molar-refractivity contribution in [3.63, 3.8) is 0 Å². The number of carbonyl (C=O) groups excluding carboxylic acids is 3. The van der Waals surface area contributed by atoms with Gasteiger partial charge in [-0.15, -0.1) is 0 Å². The number of ether oxygens (including phenoxy) is 2. The van der Waals surface area contributed by atoms with Gasteiger partial charge in [0.2, 0.25) is 5.91 Å². The minimum absolute atomic E-state index is 0.0271. The molecule has 0 aromatic rings. The maximum Gasteiger partial charge on any atom is 0.253 e. The third-order valence-corrected chi connectivity index (χ3v) is 3.55. The molecule has 7 heteroatoms. The molecule has 0 spiro atoms. The van der Waals surface area contributed by atoms with Gasteiger partial charge >= 0.3 is 0 Å². The van der Waals surface area contributed by atoms with E-state index in [0.717, 1.165) is 25.7 Å². The Hall–Kier alpha value is -1.73. The Morgan fingerprint density at radius 3 is 2.42 bits per heavy atom. The zero-order valence-corrected chi connectivity index (χ0v) is 14.4. The lowest BCUT2D eigenvalue weighted by molar-refractivity contribution is -0.136. The Kier molecular flexibility index (Phi) is 10.7. The maximum absolute atomic E-state index is 11.6. The van der Waals surface area contributed by atoms with E-state index < -0.39 is 0 Å². The number of amides is 3. The Bertz CT molecular complexity index is 419. The number of imide groups is 1. The van der Waals surface area contributed by atoms with Gasteiger partial charge in [0, 0.05) is 44.9 Å². The van der Waals surface area contributed by atoms with E-state index in [1.54, 1.807) is 0 Å². The molecule has 0 saturated heterocycles. The molecule has 0 unspecified atom stereocenters. The summed E-state index contributed by atoms with van der Waals surface area (Å²) in [6, 6.07) is 0. The average Bonchev–Trinajstić information content (AvgIpc) is 2.88. The fourth-order valence-electron chi connectivity index (χ4n) is 2.24. The van der Waals surface area contributed by atoms with Crippen LogP contribution in [0.5, 0.6) is 0 Å². The van der Waals surface area contributed by atoms with Gasteiger partial charge in [-0.2, -0.15) is 0 Å². The second-order valence-corrected chi connectivity index (χ2v) is 5.48. The van der Waals surface area contributed by atoms with E-state index in [1.807, 2.05) is 6.92 Å². The summed E-state index contributed by atoms with van der Waals surface area (Å²) in [6.45, 7) is 5.46. The van der Waals surface area contributed by atoms with Gasteiger partial charge in [0.25, 0.3) is 11.8 Å². The minimum atomic E-state index is -0.249. The molecule has 1 aliphatic rings. The largest absolute Gasteiger partial charge is 0.379 e. The van der Waals surface area contributed by atoms with Gasteiger partial charge in [-0.05, 0) is 26.2 Å². The molecule has 0 atom stereocenters. The molecule has 0 aromatic heterocycles. The first-order valence-electron chi connectivity index (χ1n) is 8.61. The lowest BCUT2D eigenvalue weighted by Crippen LogP contribution is -2.30. The predicted molar refractivity (Wildman–Crippen MR) is 89.3 cm³/mol. The summed E-state index contributed by atoms with van der Waals surface area (Å²) in [5.74, 6) is -0.471. The van der Waals surface area contributed by atoms with Gasteiger partial charge in [0.05, 0.1) is 13.2 Å². The van der Waals surface area contributed by atoms with E-state index in [9.17, 15) is 14.4 Å². The quantitative estimate of drug-likeness (QED) is 0.289. The highest BCUT2D eigenvalue weighted by molar-refractivity contribution is 6.12. The molecular formula is C17H28N2O5. The van der Waals surface area contributed by atoms with Crippen LogP contribution in [0.4, 0.5) is 0 Å². The van der Waals surface area contributed by atoms with Crippen LogP contribution in [0.15, 0.2) is 12.2 Å². The Labute approximate surface area is 143 Å². The van der Waals surface area contributed by atoms with Gasteiger partial charge < -0.3 is 14.8 Å². The van der Waals surface area contributed by atoms with Crippen LogP contribution in [0.1, 0.15) is 39.0 Å². The lowest BCUT2D eigenvalue weighted by atomic mass is 10.2. The SMILES string of the molecule is CCOCCO[13CH2][13CH2][13CH2]NC(=O)CCCCCN1C(=O)C=CC1=O. The first-order chi connectivity index (χ1) is 11.6. The van der Waals surface area contributed by atoms with E-state index in [-0.39, 0.29) is 17.7 Å². The summed E-state index contributed by atoms with van der Waals surface area (Å²) < 4.78 is 10.5. The van der Waals surface area contributed by atoms with Crippen molar-refractivity contribution >= 4 is 17.7 Å². The van der Waals surface area contributed by atoms with E-state index in [0.29, 0.717) is 45.9 Å². The van der Waals surface area contributed by atoms with Crippen LogP contribution in [0.2, 0.25) is 0 Å². The highest BCUT2D eigenvalue weighted by atomic mass is 16.6. The Balaban J connectivity index is 1.88. The molecular weight excluding hydrogens is 315 g/mol. The maximum atomic E-state index is 11.6. The van der Waals surface area contributed by atoms with Gasteiger partial charge in [-0.3, -0.25) is 19.3 Å². The second kappa shape index (κ2) is 12.7. The van der Waals surface area contributed by atoms with Gasteiger partial charge in [-0.1, -0.05) is 6.42 Å². The van der Waals surface area contributed by atoms with E-state index in [1.165, 1.54) is 17.1 Å². The molecule has 7 nitrogen and oxygen atoms in total. The van der Waals surface area contributed by atoms with Crippen LogP contribution in [0.3, 0.4) is 0 Å². The van der Waals surface area contributed by atoms with Crippen molar-refractivity contribution in [2.45, 2.75) is 39.0 Å². The number of nitrogens with zero attached hydrogens (tertiary/aromatic N) is 1. The van der Waals surface area contributed by atoms with E-state index >= 15 is 0 Å². The predicted octanol–water partition coefficient (Wildman–Crippen LogP) is 1.03. The topological polar surface area (TPSA) is 84.9 Å². The number of hydrogen-bond donors (Lipinski definition) is 1. The van der Waals surface area contributed by atoms with Crippen molar-refractivity contribution in [1.29, 1.82) is 0 Å². The summed E-state index contributed by atoms with van der Waals surface area (Å²) in [6.07, 6.45) is 6.10. The molecule has 0 fully saturated rings. The monoisotopic (exact) mass is 343 g/mol. The number of nitrogens with one attached hydrogen (secondary N) is 1. The van der Waals surface area contributed by atoms with Crippen molar-refractivity contribution in [2.24, 2.45) is 0 Å². The van der Waals surface area contributed by atoms with Gasteiger partial charge in [0.1, 0.15) is 0 Å². The van der Waals surface area contributed by atoms with Crippen LogP contribution in [0, 0.1) is 0 Å². The number of rotatable bonds is 14. The van der Waals surface area contributed by atoms with Crippen molar-refractivity contribution < 1.29 is 23.9 Å². The van der Waals surface area contributed by atoms with Gasteiger partial charge in [-0.25, -0.2) is 0 Å². The third-order valence-electron chi connectivity index (χ3n) is 3.55. The summed E-state index contributed by atoms with van der Waals surface area (Å²) in [5.41, 5.74) is 0. The van der Waals surface area contributed by atoms with Crippen molar-refractivity contribution in [1.82, 2.24) is 10.2 Å². The van der Waals surface area contributed by atoms with Crippen molar-refractivity contribution in [3.05, 3.63) is 12.2 Å². The van der Waals surface area contributed by atoms with Gasteiger partial charge in [0.15, 0.2) is 0 Å². The second-order valence-electron chi connectivity index (χ2n) is 5.48. The molecule has 0 aromatic carbocycles. The van der Waals surface area contributed by atoms with Crippen LogP contribution < -0.4 is 5.32 Å². The molecule has 1 heterocycles. The fourth-order valence-corrected chi connectivity index (χ4v) is 2.24. The summed E-state index contributed by atoms with van der Waals surface area (Å²) in [4.78, 5) is 35.5. The van der Waals surface area contributed by atoms with Crippen molar-refractivity contribution in [2.75, 3.05) is 39.5 Å². The normalized spacial score (nSPS) is 13.8. The van der Waals surface area contributed by atoms with Crippen LogP contribution in [0.25, 0.3) is 0 Å². The van der Waals surface area contributed by atoms with E-state index in [2.05, 4.69) is 5.32 Å². The first kappa shape index (κ1) is 20.3.